The third-order valence-corrected chi connectivity index (χ3v) is 5.63. The van der Waals surface area contributed by atoms with Crippen molar-refractivity contribution in [3.05, 3.63) is 71.4 Å². The number of carbonyl (C=O) groups excluding carboxylic acids is 1. The van der Waals surface area contributed by atoms with Gasteiger partial charge in [0.1, 0.15) is 0 Å². The third-order valence-electron chi connectivity index (χ3n) is 5.63. The smallest absolute Gasteiger partial charge is 0.276 e. The summed E-state index contributed by atoms with van der Waals surface area (Å²) in [5, 5.41) is 4.08. The van der Waals surface area contributed by atoms with E-state index in [0.717, 1.165) is 36.3 Å². The van der Waals surface area contributed by atoms with E-state index >= 15 is 0 Å². The molecule has 2 aromatic carbocycles. The second kappa shape index (κ2) is 9.35. The van der Waals surface area contributed by atoms with Crippen LogP contribution in [0.5, 0.6) is 0 Å². The topological polar surface area (TPSA) is 58.8 Å². The number of aromatic nitrogens is 1. The second-order valence-electron chi connectivity index (χ2n) is 8.32. The lowest BCUT2D eigenvalue weighted by molar-refractivity contribution is 0.0499. The van der Waals surface area contributed by atoms with Crippen molar-refractivity contribution in [2.75, 3.05) is 32.1 Å². The Balaban J connectivity index is 1.54. The van der Waals surface area contributed by atoms with Crippen molar-refractivity contribution >= 4 is 11.6 Å². The molecule has 4 rings (SSSR count). The van der Waals surface area contributed by atoms with Gasteiger partial charge in [-0.25, -0.2) is 0 Å². The molecule has 31 heavy (non-hydrogen) atoms. The Bertz CT molecular complexity index is 1000. The van der Waals surface area contributed by atoms with Crippen LogP contribution in [0.15, 0.2) is 59.1 Å². The number of ether oxygens (including phenoxy) is 1. The van der Waals surface area contributed by atoms with Gasteiger partial charge < -0.3 is 19.1 Å². The van der Waals surface area contributed by atoms with Gasteiger partial charge in [-0.2, -0.15) is 0 Å². The highest BCUT2D eigenvalue weighted by molar-refractivity contribution is 5.93. The van der Waals surface area contributed by atoms with E-state index in [-0.39, 0.29) is 12.0 Å². The van der Waals surface area contributed by atoms with Crippen LogP contribution in [-0.4, -0.2) is 49.3 Å². The minimum absolute atomic E-state index is 0.0634. The molecule has 162 valence electrons. The summed E-state index contributed by atoms with van der Waals surface area (Å²) in [7, 11) is 4.02. The molecule has 0 aliphatic carbocycles. The fraction of sp³-hybridized carbons (Fsp3) is 0.360. The van der Waals surface area contributed by atoms with Crippen LogP contribution in [-0.2, 0) is 11.3 Å². The summed E-state index contributed by atoms with van der Waals surface area (Å²) < 4.78 is 11.3. The number of benzene rings is 2. The fourth-order valence-corrected chi connectivity index (χ4v) is 3.77. The van der Waals surface area contributed by atoms with Crippen LogP contribution < -0.4 is 4.90 Å². The highest BCUT2D eigenvalue weighted by Crippen LogP contribution is 2.23. The van der Waals surface area contributed by atoms with Gasteiger partial charge in [0.25, 0.3) is 5.91 Å². The second-order valence-corrected chi connectivity index (χ2v) is 8.32. The summed E-state index contributed by atoms with van der Waals surface area (Å²) in [5.41, 5.74) is 4.59. The van der Waals surface area contributed by atoms with E-state index in [1.807, 2.05) is 50.2 Å². The number of aryl methyl sites for hydroxylation is 1. The number of hydrogen-bond donors (Lipinski definition) is 0. The van der Waals surface area contributed by atoms with Crippen molar-refractivity contribution in [1.82, 2.24) is 10.1 Å². The van der Waals surface area contributed by atoms with Crippen LogP contribution in [0.3, 0.4) is 0 Å². The summed E-state index contributed by atoms with van der Waals surface area (Å²) in [6.45, 7) is 3.83. The van der Waals surface area contributed by atoms with Crippen molar-refractivity contribution in [2.24, 2.45) is 0 Å². The zero-order valence-electron chi connectivity index (χ0n) is 18.4. The van der Waals surface area contributed by atoms with Gasteiger partial charge in [-0.15, -0.1) is 0 Å². The maximum atomic E-state index is 13.4. The molecule has 6 heteroatoms. The first-order chi connectivity index (χ1) is 15.0. The Morgan fingerprint density at radius 2 is 1.84 bits per heavy atom. The van der Waals surface area contributed by atoms with Crippen molar-refractivity contribution in [3.63, 3.8) is 0 Å². The van der Waals surface area contributed by atoms with Crippen LogP contribution in [0.1, 0.15) is 34.5 Å². The molecule has 1 fully saturated rings. The number of hydrogen-bond acceptors (Lipinski definition) is 5. The van der Waals surface area contributed by atoms with Crippen molar-refractivity contribution in [2.45, 2.75) is 32.4 Å². The molecule has 0 N–H and O–H groups in total. The molecule has 0 radical (unpaired) electrons. The van der Waals surface area contributed by atoms with Gasteiger partial charge in [0, 0.05) is 51.1 Å². The first kappa shape index (κ1) is 21.1. The standard InChI is InChI=1S/C25H29N3O3/c1-18-6-10-20(11-7-18)24-15-23(26-31-24)25(29)28(17-22-5-4-14-30-22)16-19-8-12-21(13-9-19)27(2)3/h6-13,15,22H,4-5,14,16-17H2,1-3H3/t22-/m1/s1. The lowest BCUT2D eigenvalue weighted by atomic mass is 10.1. The Labute approximate surface area is 183 Å². The Hall–Kier alpha value is -3.12. The fourth-order valence-electron chi connectivity index (χ4n) is 3.77. The quantitative estimate of drug-likeness (QED) is 0.563. The Morgan fingerprint density at radius 3 is 2.48 bits per heavy atom. The average Bonchev–Trinajstić information content (AvgIpc) is 3.46. The van der Waals surface area contributed by atoms with Crippen molar-refractivity contribution in [3.8, 4) is 11.3 Å². The summed E-state index contributed by atoms with van der Waals surface area (Å²) in [6, 6.07) is 18.0. The lowest BCUT2D eigenvalue weighted by Gasteiger charge is -2.25. The van der Waals surface area contributed by atoms with Crippen LogP contribution in [0.4, 0.5) is 5.69 Å². The van der Waals surface area contributed by atoms with Crippen LogP contribution in [0.25, 0.3) is 11.3 Å². The molecular weight excluding hydrogens is 390 g/mol. The zero-order valence-corrected chi connectivity index (χ0v) is 18.4. The molecule has 1 aromatic heterocycles. The monoisotopic (exact) mass is 419 g/mol. The lowest BCUT2D eigenvalue weighted by Crippen LogP contribution is -2.37. The normalized spacial score (nSPS) is 15.8. The largest absolute Gasteiger partial charge is 0.378 e. The van der Waals surface area contributed by atoms with E-state index in [4.69, 9.17) is 9.26 Å². The van der Waals surface area contributed by atoms with Gasteiger partial charge >= 0.3 is 0 Å². The number of amides is 1. The summed E-state index contributed by atoms with van der Waals surface area (Å²) >= 11 is 0. The van der Waals surface area contributed by atoms with Gasteiger partial charge in [0.15, 0.2) is 11.5 Å². The minimum atomic E-state index is -0.144. The molecule has 1 saturated heterocycles. The molecule has 0 saturated carbocycles. The Kier molecular flexibility index (Phi) is 6.37. The van der Waals surface area contributed by atoms with E-state index in [0.29, 0.717) is 24.5 Å². The highest BCUT2D eigenvalue weighted by atomic mass is 16.5. The number of rotatable bonds is 7. The molecule has 0 bridgehead atoms. The highest BCUT2D eigenvalue weighted by Gasteiger charge is 2.26. The van der Waals surface area contributed by atoms with Crippen LogP contribution in [0, 0.1) is 6.92 Å². The number of nitrogens with zero attached hydrogens (tertiary/aromatic N) is 3. The molecular formula is C25H29N3O3. The van der Waals surface area contributed by atoms with E-state index in [1.54, 1.807) is 6.07 Å². The molecule has 1 aliphatic rings. The summed E-state index contributed by atoms with van der Waals surface area (Å²) in [5.74, 6) is 0.449. The minimum Gasteiger partial charge on any atom is -0.378 e. The van der Waals surface area contributed by atoms with Gasteiger partial charge in [0.05, 0.1) is 6.10 Å². The van der Waals surface area contributed by atoms with Crippen molar-refractivity contribution in [1.29, 1.82) is 0 Å². The molecule has 0 unspecified atom stereocenters. The molecule has 1 atom stereocenters. The van der Waals surface area contributed by atoms with E-state index in [9.17, 15) is 4.79 Å². The molecule has 1 aliphatic heterocycles. The van der Waals surface area contributed by atoms with Crippen LogP contribution in [0.2, 0.25) is 0 Å². The summed E-state index contributed by atoms with van der Waals surface area (Å²) in [4.78, 5) is 17.2. The Morgan fingerprint density at radius 1 is 1.10 bits per heavy atom. The van der Waals surface area contributed by atoms with Gasteiger partial charge in [-0.3, -0.25) is 4.79 Å². The first-order valence-electron chi connectivity index (χ1n) is 10.7. The molecule has 0 spiro atoms. The molecule has 6 nitrogen and oxygen atoms in total. The number of anilines is 1. The maximum absolute atomic E-state index is 13.4. The first-order valence-corrected chi connectivity index (χ1v) is 10.7. The molecule has 2 heterocycles. The van der Waals surface area contributed by atoms with Gasteiger partial charge in [-0.1, -0.05) is 47.1 Å². The van der Waals surface area contributed by atoms with E-state index < -0.39 is 0 Å². The SMILES string of the molecule is Cc1ccc(-c2cc(C(=O)N(Cc3ccc(N(C)C)cc3)C[C@H]3CCCO3)no2)cc1. The average molecular weight is 420 g/mol. The maximum Gasteiger partial charge on any atom is 0.276 e. The zero-order chi connectivity index (χ0) is 21.8. The number of carbonyl (C=O) groups is 1. The van der Waals surface area contributed by atoms with E-state index in [2.05, 4.69) is 34.3 Å². The predicted octanol–water partition coefficient (Wildman–Crippen LogP) is 4.54. The van der Waals surface area contributed by atoms with E-state index in [1.165, 1.54) is 5.56 Å². The van der Waals surface area contributed by atoms with Gasteiger partial charge in [0.2, 0.25) is 0 Å². The third kappa shape index (κ3) is 5.14. The summed E-state index contributed by atoms with van der Waals surface area (Å²) in [6.07, 6.45) is 2.07. The molecule has 1 amide bonds. The van der Waals surface area contributed by atoms with Gasteiger partial charge in [-0.05, 0) is 37.5 Å². The van der Waals surface area contributed by atoms with Crippen molar-refractivity contribution < 1.29 is 14.1 Å². The van der Waals surface area contributed by atoms with Crippen LogP contribution >= 0.6 is 0 Å². The predicted molar refractivity (Wildman–Crippen MR) is 121 cm³/mol. The molecule has 3 aromatic rings.